The van der Waals surface area contributed by atoms with E-state index in [0.29, 0.717) is 101 Å². The van der Waals surface area contributed by atoms with E-state index in [2.05, 4.69) is 6.29 Å². The van der Waals surface area contributed by atoms with Crippen LogP contribution in [-0.2, 0) is 89.6 Å². The zero-order valence-electron chi connectivity index (χ0n) is 66.2. The maximum Gasteiger partial charge on any atom is 1.00 e. The number of rotatable bonds is 35. The molecule has 0 heterocycles. The number of carbonyl (C=O) groups excluding carboxylic acids is 5. The van der Waals surface area contributed by atoms with Crippen molar-refractivity contribution in [3.8, 4) is 33.4 Å². The predicted octanol–water partition coefficient (Wildman–Crippen LogP) is 17.4. The first-order valence-corrected chi connectivity index (χ1v) is 37.6. The van der Waals surface area contributed by atoms with Crippen LogP contribution >= 0.6 is 34.8 Å². The number of benzene rings is 8. The van der Waals surface area contributed by atoms with Gasteiger partial charge in [-0.05, 0) is 219 Å². The van der Waals surface area contributed by atoms with Gasteiger partial charge in [0, 0.05) is 85.5 Å². The van der Waals surface area contributed by atoms with Crippen LogP contribution < -0.4 is 24.6 Å². The van der Waals surface area contributed by atoms with Crippen LogP contribution in [0.1, 0.15) is 143 Å². The number of carbonyl (C=O) groups is 4. The molecular formula is C89H105BCl3F3LiNO13-. The Morgan fingerprint density at radius 2 is 0.748 bits per heavy atom. The van der Waals surface area contributed by atoms with Gasteiger partial charge in [-0.15, -0.1) is 5.41 Å². The summed E-state index contributed by atoms with van der Waals surface area (Å²) in [6, 6.07) is 54.7. The van der Waals surface area contributed by atoms with Crippen LogP contribution in [-0.4, -0.2) is 101 Å². The summed E-state index contributed by atoms with van der Waals surface area (Å²) in [5, 5.41) is 1.40. The fourth-order valence-corrected chi connectivity index (χ4v) is 13.0. The SMILES string of the molecule is CCOC[C@@](C)([C-]=O)C[C@H](CC(=O)OC(C)(C)C)Cc1ccc(-c2cc(Cl)ccc2F)cc1.CCOC[C@](C)(C[C@H](CC(=O)OC(C)(C)C)Cc1ccc(-c2cc(Cl)ccc2F)cc1)C(=O)OCc1ccccc1.CCOC[C@](C)(C[C@H](N)Cc1ccc(-c2cc(Cl)ccc2F)cc1)C(=O)OCc1ccccc1.[B].[Li+].[OH-]. The molecular weight excluding hydrogens is 1470 g/mol. The zero-order chi connectivity index (χ0) is 79.2. The molecule has 0 aliphatic heterocycles. The average molecular weight is 1580 g/mol. The van der Waals surface area contributed by atoms with Crippen molar-refractivity contribution in [3.63, 3.8) is 0 Å². The van der Waals surface area contributed by atoms with Crippen LogP contribution in [0, 0.1) is 45.5 Å². The second-order valence-electron chi connectivity index (χ2n) is 30.1. The molecule has 3 N–H and O–H groups in total. The van der Waals surface area contributed by atoms with Gasteiger partial charge >= 0.3 is 42.7 Å². The van der Waals surface area contributed by atoms with Crippen LogP contribution in [0.4, 0.5) is 13.2 Å². The maximum absolute atomic E-state index is 14.4. The third kappa shape index (κ3) is 34.0. The van der Waals surface area contributed by atoms with Crippen LogP contribution in [0.25, 0.3) is 33.4 Å². The van der Waals surface area contributed by atoms with Gasteiger partial charge in [0.2, 0.25) is 0 Å². The van der Waals surface area contributed by atoms with Crippen LogP contribution in [0.3, 0.4) is 0 Å². The van der Waals surface area contributed by atoms with E-state index in [1.54, 1.807) is 25.1 Å². The average Bonchev–Trinajstić information content (AvgIpc) is 0.838. The largest absolute Gasteiger partial charge is 1.00 e. The molecule has 22 heteroatoms. The first kappa shape index (κ1) is 97.6. The van der Waals surface area contributed by atoms with Gasteiger partial charge in [-0.25, -0.2) is 13.2 Å². The van der Waals surface area contributed by atoms with Crippen molar-refractivity contribution in [3.05, 3.63) is 248 Å². The van der Waals surface area contributed by atoms with Crippen molar-refractivity contribution >= 4 is 73.4 Å². The minimum absolute atomic E-state index is 0. The van der Waals surface area contributed by atoms with Crippen molar-refractivity contribution < 1.29 is 94.6 Å². The Hall–Kier alpha value is -7.57. The summed E-state index contributed by atoms with van der Waals surface area (Å²) >= 11 is 18.1. The van der Waals surface area contributed by atoms with Gasteiger partial charge < -0.3 is 49.2 Å². The van der Waals surface area contributed by atoms with E-state index >= 15 is 0 Å². The summed E-state index contributed by atoms with van der Waals surface area (Å²) in [6.07, 6.45) is 5.22. The second-order valence-corrected chi connectivity index (χ2v) is 31.4. The van der Waals surface area contributed by atoms with Gasteiger partial charge in [0.25, 0.3) is 0 Å². The Labute approximate surface area is 683 Å². The standard InChI is InChI=1S/C34H40ClFO5.C28H31ClFNO3.C27H33ClFO4.B.Li.H2O/c1-6-39-23-34(5,32(38)40-22-25-10-8-7-9-11-25)21-26(19-31(37)41-33(2,3)4)18-24-12-14-27(15-13-24)29-20-28(35)16-17-30(29)36;1-3-33-19-28(2,27(32)34-18-21-7-5-4-6-8-21)17-24(31)15-20-9-11-22(12-10-20)25-16-23(29)13-14-26(25)30;1-6-32-18-27(5,17-30)16-20(14-25(31)33-26(2,3)4)13-19-7-9-21(10-8-19)23-15-22(28)11-12-24(23)29;;;/h7-17,20,26H,6,18-19,21-23H2,1-5H3;4-14,16,24H,3,15,17-19,31H2,1-2H3;7-12,15,20H,6,13-14,16,18H2,1-5H3;;;1H2/q;;-1;;+1;/p-1/t26-,34-;24-,28+;20-,27+;;;/m010.../s1. The molecule has 0 aromatic heterocycles. The van der Waals surface area contributed by atoms with Gasteiger partial charge in [-0.2, -0.15) is 0 Å². The van der Waals surface area contributed by atoms with Gasteiger partial charge in [0.1, 0.15) is 41.9 Å². The minimum atomic E-state index is -0.985. The molecule has 8 aromatic rings. The Bertz CT molecular complexity index is 4160. The van der Waals surface area contributed by atoms with E-state index in [-0.39, 0.29) is 138 Å². The van der Waals surface area contributed by atoms with Crippen molar-refractivity contribution in [2.45, 2.75) is 165 Å². The Kier molecular flexibility index (Phi) is 41.5. The van der Waals surface area contributed by atoms with Gasteiger partial charge in [0.05, 0.1) is 24.0 Å². The monoisotopic (exact) mass is 1580 g/mol. The van der Waals surface area contributed by atoms with Crippen molar-refractivity contribution in [1.82, 2.24) is 0 Å². The molecule has 591 valence electrons. The number of halogens is 6. The first-order valence-electron chi connectivity index (χ1n) is 36.5. The summed E-state index contributed by atoms with van der Waals surface area (Å²) in [7, 11) is 0. The molecule has 0 saturated carbocycles. The minimum Gasteiger partial charge on any atom is -0.870 e. The van der Waals surface area contributed by atoms with Crippen LogP contribution in [0.5, 0.6) is 0 Å². The van der Waals surface area contributed by atoms with Crippen LogP contribution in [0.2, 0.25) is 15.1 Å². The molecule has 111 heavy (non-hydrogen) atoms. The van der Waals surface area contributed by atoms with Crippen molar-refractivity contribution in [1.29, 1.82) is 0 Å². The zero-order valence-corrected chi connectivity index (χ0v) is 68.5. The number of ether oxygens (including phenoxy) is 7. The van der Waals surface area contributed by atoms with E-state index in [9.17, 15) is 37.1 Å². The summed E-state index contributed by atoms with van der Waals surface area (Å²) in [5.74, 6) is -2.77. The fourth-order valence-electron chi connectivity index (χ4n) is 12.5. The second kappa shape index (κ2) is 47.2. The molecule has 0 saturated heterocycles. The normalized spacial score (nSPS) is 13.6. The fraction of sp³-hybridized carbons (Fsp3) is 0.404. The quantitative estimate of drug-likeness (QED) is 0.0170. The van der Waals surface area contributed by atoms with E-state index < -0.39 is 27.4 Å². The third-order valence-corrected chi connectivity index (χ3v) is 18.3. The van der Waals surface area contributed by atoms with E-state index in [4.69, 9.17) is 73.7 Å². The smallest absolute Gasteiger partial charge is 0.870 e. The topological polar surface area (TPSA) is 206 Å². The molecule has 0 fully saturated rings. The Morgan fingerprint density at radius 3 is 1.07 bits per heavy atom. The first-order chi connectivity index (χ1) is 51.1. The molecule has 0 bridgehead atoms. The number of nitrogens with two attached hydrogens (primary N) is 1. The molecule has 0 amide bonds. The molecule has 14 nitrogen and oxygen atoms in total. The summed E-state index contributed by atoms with van der Waals surface area (Å²) < 4.78 is 82.1. The number of hydrogen-bond donors (Lipinski definition) is 1. The molecule has 0 spiro atoms. The molecule has 0 aliphatic carbocycles. The van der Waals surface area contributed by atoms with E-state index in [1.807, 2.05) is 210 Å². The number of hydrogen-bond acceptors (Lipinski definition) is 14. The van der Waals surface area contributed by atoms with Crippen molar-refractivity contribution in [2.24, 2.45) is 33.8 Å². The Morgan fingerprint density at radius 1 is 0.432 bits per heavy atom. The molecule has 6 atom stereocenters. The number of esters is 4. The Balaban J connectivity index is 0.000000429. The molecule has 8 aromatic carbocycles. The van der Waals surface area contributed by atoms with Crippen LogP contribution in [0.15, 0.2) is 188 Å². The third-order valence-electron chi connectivity index (χ3n) is 17.6. The summed E-state index contributed by atoms with van der Waals surface area (Å²) in [5.41, 5.74) is 10.7. The van der Waals surface area contributed by atoms with Gasteiger partial charge in [0.15, 0.2) is 0 Å². The molecule has 0 unspecified atom stereocenters. The summed E-state index contributed by atoms with van der Waals surface area (Å²) in [4.78, 5) is 63.6. The van der Waals surface area contributed by atoms with E-state index in [1.165, 1.54) is 36.4 Å². The van der Waals surface area contributed by atoms with Crippen molar-refractivity contribution in [2.75, 3.05) is 39.6 Å². The van der Waals surface area contributed by atoms with Gasteiger partial charge in [-0.3, -0.25) is 25.5 Å². The predicted molar refractivity (Wildman–Crippen MR) is 431 cm³/mol. The summed E-state index contributed by atoms with van der Waals surface area (Å²) in [6.45, 7) is 24.5. The maximum atomic E-state index is 14.4. The molecule has 0 aliphatic rings. The van der Waals surface area contributed by atoms with E-state index in [0.717, 1.165) is 33.4 Å². The van der Waals surface area contributed by atoms with Gasteiger partial charge in [-0.1, -0.05) is 182 Å². The molecule has 8 rings (SSSR count). The molecule has 3 radical (unpaired) electrons.